The van der Waals surface area contributed by atoms with Crippen LogP contribution in [0.2, 0.25) is 0 Å². The Labute approximate surface area is 108 Å². The lowest BCUT2D eigenvalue weighted by atomic mass is 10.2. The second kappa shape index (κ2) is 6.28. The lowest BCUT2D eigenvalue weighted by Gasteiger charge is -2.19. The Balaban J connectivity index is 2.35. The van der Waals surface area contributed by atoms with Crippen LogP contribution in [0.25, 0.3) is 0 Å². The van der Waals surface area contributed by atoms with Gasteiger partial charge in [0.2, 0.25) is 0 Å². The first-order valence-corrected chi connectivity index (χ1v) is 5.89. The first-order chi connectivity index (χ1) is 8.40. The van der Waals surface area contributed by atoms with Gasteiger partial charge in [-0.2, -0.15) is 0 Å². The van der Waals surface area contributed by atoms with Gasteiger partial charge in [0, 0.05) is 6.07 Å². The molecule has 0 aromatic heterocycles. The molecule has 0 bridgehead atoms. The fraction of sp³-hybridized carbons (Fsp3) is 0.500. The molecular weight excluding hydrogens is 232 g/mol. The van der Waals surface area contributed by atoms with Crippen LogP contribution in [0.4, 0.5) is 0 Å². The molecule has 0 saturated heterocycles. The van der Waals surface area contributed by atoms with Gasteiger partial charge in [-0.15, -0.1) is 0 Å². The summed E-state index contributed by atoms with van der Waals surface area (Å²) in [4.78, 5) is 11.4. The second-order valence-corrected chi connectivity index (χ2v) is 4.86. The molecule has 100 valence electrons. The Morgan fingerprint density at radius 2 is 1.89 bits per heavy atom. The largest absolute Gasteiger partial charge is 0.497 e. The van der Waals surface area contributed by atoms with Gasteiger partial charge in [-0.25, -0.2) is 0 Å². The molecule has 0 N–H and O–H groups in total. The lowest BCUT2D eigenvalue weighted by Crippen LogP contribution is -2.24. The van der Waals surface area contributed by atoms with Crippen LogP contribution in [-0.2, 0) is 9.53 Å². The van der Waals surface area contributed by atoms with Crippen molar-refractivity contribution >= 4 is 5.97 Å². The fourth-order valence-electron chi connectivity index (χ4n) is 1.34. The predicted molar refractivity (Wildman–Crippen MR) is 69.0 cm³/mol. The summed E-state index contributed by atoms with van der Waals surface area (Å²) in [6.07, 6.45) is 0.231. The molecule has 1 aromatic carbocycles. The Bertz CT molecular complexity index is 393. The summed E-state index contributed by atoms with van der Waals surface area (Å²) in [6.45, 7) is 5.82. The van der Waals surface area contributed by atoms with Crippen molar-refractivity contribution < 1.29 is 19.0 Å². The van der Waals surface area contributed by atoms with Crippen LogP contribution in [0, 0.1) is 0 Å². The summed E-state index contributed by atoms with van der Waals surface area (Å²) in [6, 6.07) is 7.26. The molecule has 0 aliphatic rings. The van der Waals surface area contributed by atoms with Crippen molar-refractivity contribution in [2.45, 2.75) is 32.8 Å². The maximum absolute atomic E-state index is 11.4. The van der Waals surface area contributed by atoms with Crippen LogP contribution in [-0.4, -0.2) is 25.3 Å². The van der Waals surface area contributed by atoms with Crippen LogP contribution in [0.5, 0.6) is 11.5 Å². The van der Waals surface area contributed by atoms with Crippen molar-refractivity contribution in [1.29, 1.82) is 0 Å². The third-order valence-electron chi connectivity index (χ3n) is 2.04. The average Bonchev–Trinajstić information content (AvgIpc) is 2.27. The Morgan fingerprint density at radius 1 is 1.22 bits per heavy atom. The highest BCUT2D eigenvalue weighted by molar-refractivity contribution is 5.69. The number of benzene rings is 1. The molecule has 0 spiro atoms. The van der Waals surface area contributed by atoms with Crippen molar-refractivity contribution in [3.8, 4) is 11.5 Å². The number of esters is 1. The summed E-state index contributed by atoms with van der Waals surface area (Å²) in [7, 11) is 1.60. The zero-order valence-corrected chi connectivity index (χ0v) is 11.4. The first-order valence-electron chi connectivity index (χ1n) is 5.89. The van der Waals surface area contributed by atoms with Crippen LogP contribution in [0.1, 0.15) is 27.2 Å². The summed E-state index contributed by atoms with van der Waals surface area (Å²) in [5.74, 6) is 1.15. The number of hydrogen-bond donors (Lipinski definition) is 0. The summed E-state index contributed by atoms with van der Waals surface area (Å²) < 4.78 is 15.7. The molecule has 0 heterocycles. The van der Waals surface area contributed by atoms with Crippen molar-refractivity contribution in [2.75, 3.05) is 13.7 Å². The van der Waals surface area contributed by atoms with Crippen molar-refractivity contribution in [2.24, 2.45) is 0 Å². The normalized spacial score (nSPS) is 10.9. The number of hydrogen-bond acceptors (Lipinski definition) is 4. The van der Waals surface area contributed by atoms with E-state index in [1.165, 1.54) is 0 Å². The van der Waals surface area contributed by atoms with Gasteiger partial charge in [-0.05, 0) is 32.9 Å². The molecule has 0 aliphatic heterocycles. The lowest BCUT2D eigenvalue weighted by molar-refractivity contribution is -0.155. The van der Waals surface area contributed by atoms with E-state index in [9.17, 15) is 4.79 Å². The van der Waals surface area contributed by atoms with Crippen LogP contribution in [0.3, 0.4) is 0 Å². The number of rotatable bonds is 5. The molecule has 0 fully saturated rings. The minimum absolute atomic E-state index is 0.231. The van der Waals surface area contributed by atoms with E-state index in [0.717, 1.165) is 5.75 Å². The second-order valence-electron chi connectivity index (χ2n) is 4.86. The molecule has 0 atom stereocenters. The Hall–Kier alpha value is -1.71. The number of methoxy groups -OCH3 is 1. The van der Waals surface area contributed by atoms with Crippen LogP contribution < -0.4 is 9.47 Å². The molecule has 4 heteroatoms. The van der Waals surface area contributed by atoms with E-state index in [2.05, 4.69) is 0 Å². The van der Waals surface area contributed by atoms with E-state index in [1.54, 1.807) is 13.2 Å². The van der Waals surface area contributed by atoms with E-state index < -0.39 is 5.60 Å². The molecule has 0 unspecified atom stereocenters. The van der Waals surface area contributed by atoms with Crippen LogP contribution >= 0.6 is 0 Å². The highest BCUT2D eigenvalue weighted by atomic mass is 16.6. The molecule has 0 amide bonds. The van der Waals surface area contributed by atoms with E-state index in [1.807, 2.05) is 39.0 Å². The fourth-order valence-corrected chi connectivity index (χ4v) is 1.34. The van der Waals surface area contributed by atoms with Crippen LogP contribution in [0.15, 0.2) is 24.3 Å². The highest BCUT2D eigenvalue weighted by Gasteiger charge is 2.15. The Morgan fingerprint density at radius 3 is 2.50 bits per heavy atom. The smallest absolute Gasteiger partial charge is 0.309 e. The minimum Gasteiger partial charge on any atom is -0.497 e. The van der Waals surface area contributed by atoms with Gasteiger partial charge in [0.1, 0.15) is 17.1 Å². The number of carbonyl (C=O) groups is 1. The average molecular weight is 252 g/mol. The van der Waals surface area contributed by atoms with Gasteiger partial charge >= 0.3 is 5.97 Å². The van der Waals surface area contributed by atoms with Crippen molar-refractivity contribution in [1.82, 2.24) is 0 Å². The third-order valence-corrected chi connectivity index (χ3v) is 2.04. The zero-order chi connectivity index (χ0) is 13.6. The zero-order valence-electron chi connectivity index (χ0n) is 11.4. The summed E-state index contributed by atoms with van der Waals surface area (Å²) >= 11 is 0. The molecule has 18 heavy (non-hydrogen) atoms. The first kappa shape index (κ1) is 14.4. The topological polar surface area (TPSA) is 44.8 Å². The standard InChI is InChI=1S/C14H20O4/c1-14(2,3)18-13(15)8-9-17-12-7-5-6-11(10-12)16-4/h5-7,10H,8-9H2,1-4H3. The van der Waals surface area contributed by atoms with Gasteiger partial charge in [0.05, 0.1) is 20.1 Å². The number of carbonyl (C=O) groups excluding carboxylic acids is 1. The van der Waals surface area contributed by atoms with Gasteiger partial charge < -0.3 is 14.2 Å². The summed E-state index contributed by atoms with van der Waals surface area (Å²) in [5.41, 5.74) is -0.451. The van der Waals surface area contributed by atoms with Gasteiger partial charge in [-0.1, -0.05) is 6.07 Å². The maximum atomic E-state index is 11.4. The van der Waals surface area contributed by atoms with E-state index in [-0.39, 0.29) is 12.4 Å². The molecule has 0 saturated carbocycles. The minimum atomic E-state index is -0.451. The quantitative estimate of drug-likeness (QED) is 0.756. The van der Waals surface area contributed by atoms with Gasteiger partial charge in [0.15, 0.2) is 0 Å². The number of ether oxygens (including phenoxy) is 3. The molecule has 1 rings (SSSR count). The van der Waals surface area contributed by atoms with Gasteiger partial charge in [-0.3, -0.25) is 4.79 Å². The maximum Gasteiger partial charge on any atom is 0.309 e. The Kier molecular flexibility index (Phi) is 5.01. The molecular formula is C14H20O4. The SMILES string of the molecule is COc1cccc(OCCC(=O)OC(C)(C)C)c1. The van der Waals surface area contributed by atoms with E-state index >= 15 is 0 Å². The monoisotopic (exact) mass is 252 g/mol. The molecule has 1 aromatic rings. The molecule has 0 radical (unpaired) electrons. The van der Waals surface area contributed by atoms with E-state index in [0.29, 0.717) is 12.4 Å². The highest BCUT2D eigenvalue weighted by Crippen LogP contribution is 2.19. The van der Waals surface area contributed by atoms with E-state index in [4.69, 9.17) is 14.2 Å². The van der Waals surface area contributed by atoms with Gasteiger partial charge in [0.25, 0.3) is 0 Å². The van der Waals surface area contributed by atoms with Crippen molar-refractivity contribution in [3.05, 3.63) is 24.3 Å². The molecule has 0 aliphatic carbocycles. The summed E-state index contributed by atoms with van der Waals surface area (Å²) in [5, 5.41) is 0. The molecule has 4 nitrogen and oxygen atoms in total. The predicted octanol–water partition coefficient (Wildman–Crippen LogP) is 2.81. The van der Waals surface area contributed by atoms with Crippen molar-refractivity contribution in [3.63, 3.8) is 0 Å². The third kappa shape index (κ3) is 5.57.